The van der Waals surface area contributed by atoms with E-state index in [1.54, 1.807) is 0 Å². The van der Waals surface area contributed by atoms with E-state index in [1.807, 2.05) is 0 Å². The summed E-state index contributed by atoms with van der Waals surface area (Å²) in [4.78, 5) is 4.92. The zero-order chi connectivity index (χ0) is 19.0. The zero-order valence-corrected chi connectivity index (χ0v) is 16.7. The lowest BCUT2D eigenvalue weighted by Crippen LogP contribution is -2.33. The molecule has 1 heterocycles. The van der Waals surface area contributed by atoms with Crippen LogP contribution in [0.5, 0.6) is 0 Å². The van der Waals surface area contributed by atoms with Gasteiger partial charge in [0, 0.05) is 11.7 Å². The first-order chi connectivity index (χ1) is 13.0. The second-order valence-electron chi connectivity index (χ2n) is 7.95. The number of hydrogen-bond acceptors (Lipinski definition) is 2. The number of hydrogen-bond donors (Lipinski definition) is 0. The first kappa shape index (κ1) is 17.7. The number of anilines is 3. The van der Waals surface area contributed by atoms with Gasteiger partial charge in [-0.2, -0.15) is 0 Å². The van der Waals surface area contributed by atoms with Crippen LogP contribution >= 0.6 is 0 Å². The summed E-state index contributed by atoms with van der Waals surface area (Å²) in [7, 11) is 0. The summed E-state index contributed by atoms with van der Waals surface area (Å²) in [5, 5.41) is 0. The molecule has 2 nitrogen and oxygen atoms in total. The maximum atomic E-state index is 2.49. The van der Waals surface area contributed by atoms with Crippen molar-refractivity contribution in [2.75, 3.05) is 16.5 Å². The Bertz CT molecular complexity index is 911. The predicted octanol–water partition coefficient (Wildman–Crippen LogP) is 6.80. The lowest BCUT2D eigenvalue weighted by atomic mass is 10.0. The van der Waals surface area contributed by atoms with Crippen molar-refractivity contribution in [3.8, 4) is 11.1 Å². The quantitative estimate of drug-likeness (QED) is 0.507. The van der Waals surface area contributed by atoms with Crippen molar-refractivity contribution < 1.29 is 0 Å². The van der Waals surface area contributed by atoms with Crippen LogP contribution < -0.4 is 9.80 Å². The maximum absolute atomic E-state index is 2.49. The first-order valence-corrected chi connectivity index (χ1v) is 9.88. The van der Waals surface area contributed by atoms with Crippen LogP contribution in [0.3, 0.4) is 0 Å². The molecular formula is C25H28N2. The van der Waals surface area contributed by atoms with Gasteiger partial charge in [0.2, 0.25) is 0 Å². The minimum Gasteiger partial charge on any atom is -0.349 e. The van der Waals surface area contributed by atoms with Crippen LogP contribution in [0.2, 0.25) is 0 Å². The monoisotopic (exact) mass is 356 g/mol. The smallest absolute Gasteiger partial charge is 0.0955 e. The van der Waals surface area contributed by atoms with E-state index in [0.29, 0.717) is 12.0 Å². The van der Waals surface area contributed by atoms with Crippen molar-refractivity contribution in [1.29, 1.82) is 0 Å². The summed E-state index contributed by atoms with van der Waals surface area (Å²) < 4.78 is 0. The molecule has 0 saturated heterocycles. The Morgan fingerprint density at radius 1 is 0.704 bits per heavy atom. The van der Waals surface area contributed by atoms with Gasteiger partial charge in [0.25, 0.3) is 0 Å². The highest BCUT2D eigenvalue weighted by molar-refractivity contribution is 5.83. The molecule has 0 atom stereocenters. The van der Waals surface area contributed by atoms with E-state index >= 15 is 0 Å². The van der Waals surface area contributed by atoms with Gasteiger partial charge < -0.3 is 9.80 Å². The van der Waals surface area contributed by atoms with Crippen LogP contribution in [0.1, 0.15) is 39.2 Å². The SMILES string of the molecule is CC(C)c1ccc2c(c1)N(C(C)C)CN2c1ccc(-c2ccccc2)cc1. The van der Waals surface area contributed by atoms with Gasteiger partial charge in [-0.1, -0.05) is 62.4 Å². The minimum atomic E-state index is 0.472. The Kier molecular flexibility index (Phi) is 4.65. The summed E-state index contributed by atoms with van der Waals surface area (Å²) in [6.45, 7) is 9.97. The lowest BCUT2D eigenvalue weighted by Gasteiger charge is -2.25. The van der Waals surface area contributed by atoms with Crippen LogP contribution in [0.15, 0.2) is 72.8 Å². The fourth-order valence-corrected chi connectivity index (χ4v) is 3.79. The second kappa shape index (κ2) is 7.11. The Hall–Kier alpha value is -2.74. The predicted molar refractivity (Wildman–Crippen MR) is 117 cm³/mol. The van der Waals surface area contributed by atoms with Crippen LogP contribution in [-0.2, 0) is 0 Å². The molecule has 0 aliphatic carbocycles. The fraction of sp³-hybridized carbons (Fsp3) is 0.280. The standard InChI is InChI=1S/C25H28N2/c1-18(2)22-12-15-24-25(16-22)26(19(3)4)17-27(24)23-13-10-21(11-14-23)20-8-6-5-7-9-20/h5-16,18-19H,17H2,1-4H3. The molecule has 0 bridgehead atoms. The summed E-state index contributed by atoms with van der Waals surface area (Å²) in [6, 6.07) is 26.9. The Morgan fingerprint density at radius 2 is 1.37 bits per heavy atom. The molecule has 2 heteroatoms. The van der Waals surface area contributed by atoms with Crippen molar-refractivity contribution in [3.63, 3.8) is 0 Å². The van der Waals surface area contributed by atoms with Crippen molar-refractivity contribution in [2.24, 2.45) is 0 Å². The molecule has 0 radical (unpaired) electrons. The van der Waals surface area contributed by atoms with Crippen molar-refractivity contribution >= 4 is 17.1 Å². The average molecular weight is 357 g/mol. The molecule has 0 aromatic heterocycles. The van der Waals surface area contributed by atoms with Crippen LogP contribution in [-0.4, -0.2) is 12.7 Å². The highest BCUT2D eigenvalue weighted by Gasteiger charge is 2.28. The molecule has 0 saturated carbocycles. The van der Waals surface area contributed by atoms with Gasteiger partial charge in [-0.05, 0) is 60.7 Å². The number of nitrogens with zero attached hydrogens (tertiary/aromatic N) is 2. The maximum Gasteiger partial charge on any atom is 0.0955 e. The molecule has 1 aliphatic rings. The van der Waals surface area contributed by atoms with E-state index in [4.69, 9.17) is 0 Å². The molecule has 3 aromatic carbocycles. The molecule has 0 fully saturated rings. The normalized spacial score (nSPS) is 13.6. The molecule has 0 unspecified atom stereocenters. The van der Waals surface area contributed by atoms with Gasteiger partial charge in [-0.15, -0.1) is 0 Å². The zero-order valence-electron chi connectivity index (χ0n) is 16.7. The largest absolute Gasteiger partial charge is 0.349 e. The van der Waals surface area contributed by atoms with Crippen LogP contribution in [0, 0.1) is 0 Å². The van der Waals surface area contributed by atoms with E-state index < -0.39 is 0 Å². The fourth-order valence-electron chi connectivity index (χ4n) is 3.79. The molecule has 4 rings (SSSR count). The van der Waals surface area contributed by atoms with E-state index in [9.17, 15) is 0 Å². The van der Waals surface area contributed by atoms with Gasteiger partial charge in [-0.3, -0.25) is 0 Å². The molecule has 1 aliphatic heterocycles. The first-order valence-electron chi connectivity index (χ1n) is 9.88. The van der Waals surface area contributed by atoms with Crippen molar-refractivity contribution in [1.82, 2.24) is 0 Å². The molecule has 3 aromatic rings. The Labute approximate surface area is 163 Å². The number of benzene rings is 3. The Balaban J connectivity index is 1.69. The van der Waals surface area contributed by atoms with Crippen molar-refractivity contribution in [3.05, 3.63) is 78.4 Å². The second-order valence-corrected chi connectivity index (χ2v) is 7.95. The number of rotatable bonds is 4. The molecule has 0 spiro atoms. The molecule has 138 valence electrons. The van der Waals surface area contributed by atoms with Gasteiger partial charge in [0.15, 0.2) is 0 Å². The average Bonchev–Trinajstić information content (AvgIpc) is 3.08. The summed E-state index contributed by atoms with van der Waals surface area (Å²) in [5.41, 5.74) is 7.83. The van der Waals surface area contributed by atoms with Crippen LogP contribution in [0.4, 0.5) is 17.1 Å². The third kappa shape index (κ3) is 3.32. The van der Waals surface area contributed by atoms with Gasteiger partial charge in [-0.25, -0.2) is 0 Å². The van der Waals surface area contributed by atoms with E-state index in [2.05, 4.69) is 110 Å². The summed E-state index contributed by atoms with van der Waals surface area (Å²) >= 11 is 0. The van der Waals surface area contributed by atoms with E-state index in [-0.39, 0.29) is 0 Å². The highest BCUT2D eigenvalue weighted by atomic mass is 15.4. The third-order valence-electron chi connectivity index (χ3n) is 5.47. The molecular weight excluding hydrogens is 328 g/mol. The highest BCUT2D eigenvalue weighted by Crippen LogP contribution is 2.43. The third-order valence-corrected chi connectivity index (χ3v) is 5.47. The summed E-state index contributed by atoms with van der Waals surface area (Å²) in [5.74, 6) is 0.545. The minimum absolute atomic E-state index is 0.472. The Morgan fingerprint density at radius 3 is 2.00 bits per heavy atom. The molecule has 27 heavy (non-hydrogen) atoms. The van der Waals surface area contributed by atoms with Gasteiger partial charge >= 0.3 is 0 Å². The molecule has 0 N–H and O–H groups in total. The van der Waals surface area contributed by atoms with Gasteiger partial charge in [0.1, 0.15) is 0 Å². The lowest BCUT2D eigenvalue weighted by molar-refractivity contribution is 0.708. The van der Waals surface area contributed by atoms with Gasteiger partial charge in [0.05, 0.1) is 18.0 Å². The number of fused-ring (bicyclic) bond motifs is 1. The van der Waals surface area contributed by atoms with Crippen LogP contribution in [0.25, 0.3) is 11.1 Å². The van der Waals surface area contributed by atoms with E-state index in [0.717, 1.165) is 6.67 Å². The molecule has 0 amide bonds. The van der Waals surface area contributed by atoms with E-state index in [1.165, 1.54) is 33.8 Å². The summed E-state index contributed by atoms with van der Waals surface area (Å²) in [6.07, 6.45) is 0. The van der Waals surface area contributed by atoms with Crippen molar-refractivity contribution in [2.45, 2.75) is 39.7 Å². The topological polar surface area (TPSA) is 6.48 Å².